The van der Waals surface area contributed by atoms with E-state index in [2.05, 4.69) is 0 Å². The van der Waals surface area contributed by atoms with Crippen molar-refractivity contribution in [2.45, 2.75) is 6.42 Å². The minimum atomic E-state index is -0.453. The molecule has 4 nitrogen and oxygen atoms in total. The molecule has 16 heavy (non-hydrogen) atoms. The molecule has 4 N–H and O–H groups in total. The summed E-state index contributed by atoms with van der Waals surface area (Å²) < 4.78 is 0. The van der Waals surface area contributed by atoms with Crippen LogP contribution in [0.15, 0.2) is 18.2 Å². The molecule has 0 fully saturated rings. The summed E-state index contributed by atoms with van der Waals surface area (Å²) in [5.74, 6) is -0.453. The largest absolute Gasteiger partial charge is 0.374 e. The molecule has 1 aromatic carbocycles. The lowest BCUT2D eigenvalue weighted by Crippen LogP contribution is -2.24. The first kappa shape index (κ1) is 12.8. The third kappa shape index (κ3) is 3.12. The zero-order valence-corrected chi connectivity index (χ0v) is 10.00. The molecule has 1 amide bonds. The predicted octanol–water partition coefficient (Wildman–Crippen LogP) is 1.22. The standard InChI is InChI=1S/C11H16ClN3O/c1-15(6-2-5-13)10-7-8(12)3-4-9(10)11(14)16/h3-4,7H,2,5-6,13H2,1H3,(H2,14,16). The van der Waals surface area contributed by atoms with Gasteiger partial charge < -0.3 is 16.4 Å². The number of benzene rings is 1. The highest BCUT2D eigenvalue weighted by molar-refractivity contribution is 6.31. The predicted molar refractivity (Wildman–Crippen MR) is 66.9 cm³/mol. The number of hydrogen-bond acceptors (Lipinski definition) is 3. The van der Waals surface area contributed by atoms with Gasteiger partial charge in [-0.3, -0.25) is 4.79 Å². The van der Waals surface area contributed by atoms with Gasteiger partial charge in [-0.15, -0.1) is 0 Å². The van der Waals surface area contributed by atoms with Gasteiger partial charge in [0.05, 0.1) is 11.3 Å². The highest BCUT2D eigenvalue weighted by Gasteiger charge is 2.11. The number of rotatable bonds is 5. The second-order valence-corrected chi connectivity index (χ2v) is 4.03. The van der Waals surface area contributed by atoms with Crippen LogP contribution in [0.25, 0.3) is 0 Å². The molecule has 1 aromatic rings. The van der Waals surface area contributed by atoms with E-state index in [9.17, 15) is 4.79 Å². The van der Waals surface area contributed by atoms with Gasteiger partial charge in [0.15, 0.2) is 0 Å². The maximum atomic E-state index is 11.2. The number of hydrogen-bond donors (Lipinski definition) is 2. The molecule has 1 rings (SSSR count). The van der Waals surface area contributed by atoms with Gasteiger partial charge in [-0.25, -0.2) is 0 Å². The Balaban J connectivity index is 2.99. The van der Waals surface area contributed by atoms with Gasteiger partial charge in [-0.2, -0.15) is 0 Å². The molecule has 0 saturated carbocycles. The van der Waals surface area contributed by atoms with E-state index in [0.29, 0.717) is 17.1 Å². The lowest BCUT2D eigenvalue weighted by atomic mass is 10.1. The fourth-order valence-electron chi connectivity index (χ4n) is 1.48. The van der Waals surface area contributed by atoms with Crippen LogP contribution in [0.1, 0.15) is 16.8 Å². The monoisotopic (exact) mass is 241 g/mol. The van der Waals surface area contributed by atoms with Gasteiger partial charge in [0.25, 0.3) is 5.91 Å². The number of carbonyl (C=O) groups excluding carboxylic acids is 1. The van der Waals surface area contributed by atoms with Crippen molar-refractivity contribution in [2.75, 3.05) is 25.0 Å². The van der Waals surface area contributed by atoms with E-state index in [1.807, 2.05) is 11.9 Å². The molecular formula is C11H16ClN3O. The molecule has 0 aliphatic heterocycles. The van der Waals surface area contributed by atoms with Crippen molar-refractivity contribution in [1.82, 2.24) is 0 Å². The van der Waals surface area contributed by atoms with E-state index < -0.39 is 5.91 Å². The third-order valence-electron chi connectivity index (χ3n) is 2.33. The summed E-state index contributed by atoms with van der Waals surface area (Å²) in [7, 11) is 1.88. The smallest absolute Gasteiger partial charge is 0.250 e. The molecule has 0 unspecified atom stereocenters. The Morgan fingerprint density at radius 3 is 2.75 bits per heavy atom. The lowest BCUT2D eigenvalue weighted by molar-refractivity contribution is 0.100. The van der Waals surface area contributed by atoms with Crippen LogP contribution in [-0.2, 0) is 0 Å². The molecular weight excluding hydrogens is 226 g/mol. The van der Waals surface area contributed by atoms with Gasteiger partial charge >= 0.3 is 0 Å². The second kappa shape index (κ2) is 5.72. The van der Waals surface area contributed by atoms with Crippen LogP contribution in [-0.4, -0.2) is 26.0 Å². The van der Waals surface area contributed by atoms with Crippen molar-refractivity contribution in [1.29, 1.82) is 0 Å². The molecule has 0 atom stereocenters. The van der Waals surface area contributed by atoms with Gasteiger partial charge in [0, 0.05) is 18.6 Å². The Morgan fingerprint density at radius 2 is 2.19 bits per heavy atom. The number of nitrogens with two attached hydrogens (primary N) is 2. The van der Waals surface area contributed by atoms with Crippen LogP contribution in [0.2, 0.25) is 5.02 Å². The number of amides is 1. The van der Waals surface area contributed by atoms with Crippen LogP contribution in [0.3, 0.4) is 0 Å². The summed E-state index contributed by atoms with van der Waals surface area (Å²) in [6.07, 6.45) is 0.848. The summed E-state index contributed by atoms with van der Waals surface area (Å²) >= 11 is 5.90. The third-order valence-corrected chi connectivity index (χ3v) is 2.57. The minimum absolute atomic E-state index is 0.453. The molecule has 88 valence electrons. The first-order valence-electron chi connectivity index (χ1n) is 5.07. The highest BCUT2D eigenvalue weighted by atomic mass is 35.5. The van der Waals surface area contributed by atoms with Gasteiger partial charge in [0.2, 0.25) is 0 Å². The topological polar surface area (TPSA) is 72.3 Å². The average molecular weight is 242 g/mol. The van der Waals surface area contributed by atoms with Crippen LogP contribution in [0.4, 0.5) is 5.69 Å². The summed E-state index contributed by atoms with van der Waals surface area (Å²) in [4.78, 5) is 13.2. The molecule has 0 radical (unpaired) electrons. The second-order valence-electron chi connectivity index (χ2n) is 3.59. The molecule has 0 saturated heterocycles. The van der Waals surface area contributed by atoms with Crippen molar-refractivity contribution >= 4 is 23.2 Å². The van der Waals surface area contributed by atoms with Gasteiger partial charge in [-0.1, -0.05) is 11.6 Å². The Hall–Kier alpha value is -1.26. The Labute approximate surface area is 100 Å². The lowest BCUT2D eigenvalue weighted by Gasteiger charge is -2.21. The number of anilines is 1. The SMILES string of the molecule is CN(CCCN)c1cc(Cl)ccc1C(N)=O. The van der Waals surface area contributed by atoms with Crippen molar-refractivity contribution in [3.63, 3.8) is 0 Å². The molecule has 0 aromatic heterocycles. The summed E-state index contributed by atoms with van der Waals surface area (Å²) in [5.41, 5.74) is 12.0. The summed E-state index contributed by atoms with van der Waals surface area (Å²) in [6, 6.07) is 5.03. The molecule has 0 bridgehead atoms. The fraction of sp³-hybridized carbons (Fsp3) is 0.364. The van der Waals surface area contributed by atoms with Crippen molar-refractivity contribution in [3.8, 4) is 0 Å². The van der Waals surface area contributed by atoms with E-state index in [0.717, 1.165) is 18.7 Å². The molecule has 0 spiro atoms. The fourth-order valence-corrected chi connectivity index (χ4v) is 1.64. The van der Waals surface area contributed by atoms with E-state index in [4.69, 9.17) is 23.1 Å². The number of primary amides is 1. The number of carbonyl (C=O) groups is 1. The quantitative estimate of drug-likeness (QED) is 0.814. The van der Waals surface area contributed by atoms with E-state index in [1.54, 1.807) is 18.2 Å². The van der Waals surface area contributed by atoms with E-state index >= 15 is 0 Å². The van der Waals surface area contributed by atoms with Gasteiger partial charge in [-0.05, 0) is 31.2 Å². The zero-order chi connectivity index (χ0) is 12.1. The zero-order valence-electron chi connectivity index (χ0n) is 9.24. The molecule has 0 aliphatic rings. The highest BCUT2D eigenvalue weighted by Crippen LogP contribution is 2.23. The molecule has 5 heteroatoms. The normalized spacial score (nSPS) is 10.2. The van der Waals surface area contributed by atoms with Crippen molar-refractivity contribution < 1.29 is 4.79 Å². The van der Waals surface area contributed by atoms with Crippen LogP contribution < -0.4 is 16.4 Å². The average Bonchev–Trinajstić information content (AvgIpc) is 2.25. The maximum Gasteiger partial charge on any atom is 0.250 e. The molecule has 0 aliphatic carbocycles. The minimum Gasteiger partial charge on any atom is -0.374 e. The van der Waals surface area contributed by atoms with E-state index in [-0.39, 0.29) is 0 Å². The van der Waals surface area contributed by atoms with Crippen LogP contribution in [0, 0.1) is 0 Å². The maximum absolute atomic E-state index is 11.2. The summed E-state index contributed by atoms with van der Waals surface area (Å²) in [6.45, 7) is 1.37. The Morgan fingerprint density at radius 1 is 1.50 bits per heavy atom. The van der Waals surface area contributed by atoms with Crippen LogP contribution >= 0.6 is 11.6 Å². The molecule has 0 heterocycles. The van der Waals surface area contributed by atoms with Crippen LogP contribution in [0.5, 0.6) is 0 Å². The first-order valence-corrected chi connectivity index (χ1v) is 5.44. The Kier molecular flexibility index (Phi) is 4.58. The first-order chi connectivity index (χ1) is 7.56. The number of halogens is 1. The Bertz CT molecular complexity index is 381. The summed E-state index contributed by atoms with van der Waals surface area (Å²) in [5, 5.41) is 0.583. The van der Waals surface area contributed by atoms with Gasteiger partial charge in [0.1, 0.15) is 0 Å². The van der Waals surface area contributed by atoms with Crippen molar-refractivity contribution in [3.05, 3.63) is 28.8 Å². The van der Waals surface area contributed by atoms with E-state index in [1.165, 1.54) is 0 Å². The van der Waals surface area contributed by atoms with Crippen molar-refractivity contribution in [2.24, 2.45) is 11.5 Å². The number of nitrogens with zero attached hydrogens (tertiary/aromatic N) is 1.